The van der Waals surface area contributed by atoms with Crippen molar-refractivity contribution in [1.82, 2.24) is 14.9 Å². The minimum Gasteiger partial charge on any atom is -0.472 e. The summed E-state index contributed by atoms with van der Waals surface area (Å²) in [7, 11) is 2.12. The number of nitrogens with zero attached hydrogens (tertiary/aromatic N) is 4. The van der Waals surface area contributed by atoms with Crippen LogP contribution in [0, 0.1) is 0 Å². The number of rotatable bonds is 8. The topological polar surface area (TPSA) is 96.6 Å². The molecular formula is C24H29ClN6O2S. The molecule has 0 unspecified atom stereocenters. The van der Waals surface area contributed by atoms with Crippen molar-refractivity contribution in [3.05, 3.63) is 66.4 Å². The van der Waals surface area contributed by atoms with Gasteiger partial charge in [-0.15, -0.1) is 12.4 Å². The number of likely N-dealkylation sites (N-methyl/N-ethyl adjacent to an activating group) is 1. The highest BCUT2D eigenvalue weighted by Crippen LogP contribution is 2.35. The molecule has 180 valence electrons. The van der Waals surface area contributed by atoms with Crippen LogP contribution in [0.15, 0.2) is 70.6 Å². The summed E-state index contributed by atoms with van der Waals surface area (Å²) in [5, 5.41) is 2.78. The second-order valence-electron chi connectivity index (χ2n) is 7.79. The number of nitrogens with two attached hydrogens (primary N) is 1. The van der Waals surface area contributed by atoms with Gasteiger partial charge in [0.15, 0.2) is 0 Å². The summed E-state index contributed by atoms with van der Waals surface area (Å²) in [6, 6.07) is 17.6. The summed E-state index contributed by atoms with van der Waals surface area (Å²) >= 11 is 1.49. The Kier molecular flexibility index (Phi) is 9.52. The molecule has 2 heterocycles. The van der Waals surface area contributed by atoms with Gasteiger partial charge in [0.2, 0.25) is 17.7 Å². The van der Waals surface area contributed by atoms with Gasteiger partial charge in [0.05, 0.1) is 17.6 Å². The Hall–Kier alpha value is -2.85. The van der Waals surface area contributed by atoms with E-state index in [4.69, 9.17) is 15.5 Å². The highest BCUT2D eigenvalue weighted by molar-refractivity contribution is 7.99. The van der Waals surface area contributed by atoms with Gasteiger partial charge in [-0.3, -0.25) is 4.79 Å². The molecule has 1 aliphatic rings. The molecule has 1 fully saturated rings. The van der Waals surface area contributed by atoms with E-state index in [9.17, 15) is 4.79 Å². The van der Waals surface area contributed by atoms with Gasteiger partial charge in [-0.1, -0.05) is 48.2 Å². The quantitative estimate of drug-likeness (QED) is 0.486. The molecule has 34 heavy (non-hydrogen) atoms. The van der Waals surface area contributed by atoms with Gasteiger partial charge in [-0.2, -0.15) is 4.98 Å². The monoisotopic (exact) mass is 500 g/mol. The summed E-state index contributed by atoms with van der Waals surface area (Å²) in [4.78, 5) is 27.3. The number of anilines is 2. The lowest BCUT2D eigenvalue weighted by Crippen LogP contribution is -2.45. The predicted octanol–water partition coefficient (Wildman–Crippen LogP) is 3.28. The fourth-order valence-electron chi connectivity index (χ4n) is 3.38. The number of benzene rings is 2. The van der Waals surface area contributed by atoms with E-state index in [0.717, 1.165) is 41.5 Å². The smallest absolute Gasteiger partial charge is 0.238 e. The van der Waals surface area contributed by atoms with Crippen molar-refractivity contribution in [3.8, 4) is 5.88 Å². The summed E-state index contributed by atoms with van der Waals surface area (Å²) < 4.78 is 6.16. The normalized spacial score (nSPS) is 13.8. The Bertz CT molecular complexity index is 1080. The average molecular weight is 501 g/mol. The lowest BCUT2D eigenvalue weighted by Gasteiger charge is -2.32. The van der Waals surface area contributed by atoms with Crippen LogP contribution < -0.4 is 20.7 Å². The van der Waals surface area contributed by atoms with E-state index >= 15 is 0 Å². The van der Waals surface area contributed by atoms with Crippen LogP contribution in [0.1, 0.15) is 5.56 Å². The number of nitrogens with one attached hydrogen (secondary N) is 1. The van der Waals surface area contributed by atoms with Crippen molar-refractivity contribution in [2.45, 2.75) is 16.4 Å². The van der Waals surface area contributed by atoms with E-state index in [2.05, 4.69) is 27.1 Å². The molecule has 1 saturated heterocycles. The molecular weight excluding hydrogens is 472 g/mol. The third kappa shape index (κ3) is 7.07. The lowest BCUT2D eigenvalue weighted by atomic mass is 10.2. The maximum atomic E-state index is 11.6. The molecule has 0 saturated carbocycles. The van der Waals surface area contributed by atoms with Crippen molar-refractivity contribution in [3.63, 3.8) is 0 Å². The van der Waals surface area contributed by atoms with Gasteiger partial charge < -0.3 is 25.6 Å². The van der Waals surface area contributed by atoms with Crippen LogP contribution in [0.5, 0.6) is 5.88 Å². The number of hydrogen-bond acceptors (Lipinski definition) is 8. The number of carbonyl (C=O) groups is 1. The fourth-order valence-corrected chi connectivity index (χ4v) is 4.26. The Labute approximate surface area is 210 Å². The van der Waals surface area contributed by atoms with Crippen molar-refractivity contribution in [2.24, 2.45) is 5.73 Å². The van der Waals surface area contributed by atoms with E-state index in [1.807, 2.05) is 60.8 Å². The van der Waals surface area contributed by atoms with Gasteiger partial charge in [-0.05, 0) is 30.8 Å². The highest BCUT2D eigenvalue weighted by atomic mass is 35.5. The molecule has 1 amide bonds. The molecule has 1 aliphatic heterocycles. The third-order valence-corrected chi connectivity index (χ3v) is 6.23. The van der Waals surface area contributed by atoms with Crippen molar-refractivity contribution >= 4 is 41.7 Å². The van der Waals surface area contributed by atoms with Gasteiger partial charge in [0, 0.05) is 36.8 Å². The fraction of sp³-hybridized carbons (Fsp3) is 0.292. The molecule has 4 rings (SSSR count). The number of ether oxygens (including phenoxy) is 1. The van der Waals surface area contributed by atoms with Crippen LogP contribution in [-0.2, 0) is 11.4 Å². The first-order valence-corrected chi connectivity index (χ1v) is 11.7. The van der Waals surface area contributed by atoms with Crippen molar-refractivity contribution in [2.75, 3.05) is 50.0 Å². The number of halogens is 1. The van der Waals surface area contributed by atoms with E-state index in [1.54, 1.807) is 0 Å². The Balaban J connectivity index is 0.00000324. The first-order chi connectivity index (χ1) is 16.1. The van der Waals surface area contributed by atoms with Crippen LogP contribution >= 0.6 is 24.2 Å². The van der Waals surface area contributed by atoms with Crippen molar-refractivity contribution < 1.29 is 9.53 Å². The van der Waals surface area contributed by atoms with Gasteiger partial charge in [0.1, 0.15) is 6.61 Å². The number of aromatic nitrogens is 2. The molecule has 0 spiro atoms. The van der Waals surface area contributed by atoms with E-state index in [0.29, 0.717) is 24.1 Å². The molecule has 0 aliphatic carbocycles. The zero-order valence-corrected chi connectivity index (χ0v) is 20.6. The van der Waals surface area contributed by atoms with Gasteiger partial charge in [-0.25, -0.2) is 4.98 Å². The maximum absolute atomic E-state index is 11.6. The highest BCUT2D eigenvalue weighted by Gasteiger charge is 2.19. The number of hydrogen-bond donors (Lipinski definition) is 2. The zero-order valence-electron chi connectivity index (χ0n) is 19.0. The second kappa shape index (κ2) is 12.6. The molecule has 0 bridgehead atoms. The van der Waals surface area contributed by atoms with E-state index < -0.39 is 0 Å². The molecule has 10 heteroatoms. The third-order valence-electron chi connectivity index (χ3n) is 5.25. The van der Waals surface area contributed by atoms with Crippen molar-refractivity contribution in [1.29, 1.82) is 0 Å². The van der Waals surface area contributed by atoms with Crippen LogP contribution in [-0.4, -0.2) is 60.5 Å². The van der Waals surface area contributed by atoms with E-state index in [1.165, 1.54) is 11.8 Å². The summed E-state index contributed by atoms with van der Waals surface area (Å²) in [5.41, 5.74) is 7.17. The summed E-state index contributed by atoms with van der Waals surface area (Å²) in [6.45, 7) is 4.06. The minimum absolute atomic E-state index is 0. The Morgan fingerprint density at radius 1 is 1.12 bits per heavy atom. The molecule has 1 aromatic heterocycles. The first-order valence-electron chi connectivity index (χ1n) is 10.9. The zero-order chi connectivity index (χ0) is 23.0. The van der Waals surface area contributed by atoms with E-state index in [-0.39, 0.29) is 24.9 Å². The standard InChI is InChI=1S/C24H28N6O2S.ClH/c1-29-10-12-30(13-11-29)24-26-16-21(23(28-24)32-17-18-6-3-2-4-7-18)33-20-9-5-8-19(14-20)27-22(31)15-25;/h2-9,14,16H,10-13,15,17,25H2,1H3,(H,27,31);1H. The number of amides is 1. The molecule has 0 atom stereocenters. The van der Waals surface area contributed by atoms with Crippen LogP contribution in [0.2, 0.25) is 0 Å². The minimum atomic E-state index is -0.233. The first kappa shape index (κ1) is 25.8. The average Bonchev–Trinajstić information content (AvgIpc) is 2.85. The molecule has 3 N–H and O–H groups in total. The summed E-state index contributed by atoms with van der Waals surface area (Å²) in [6.07, 6.45) is 1.82. The van der Waals surface area contributed by atoms with Crippen LogP contribution in [0.4, 0.5) is 11.6 Å². The lowest BCUT2D eigenvalue weighted by molar-refractivity contribution is -0.114. The Morgan fingerprint density at radius 2 is 1.88 bits per heavy atom. The molecule has 8 nitrogen and oxygen atoms in total. The molecule has 2 aromatic carbocycles. The largest absolute Gasteiger partial charge is 0.472 e. The molecule has 0 radical (unpaired) electrons. The SMILES string of the molecule is CN1CCN(c2ncc(Sc3cccc(NC(=O)CN)c3)c(OCc3ccccc3)n2)CC1.Cl. The number of carbonyl (C=O) groups excluding carboxylic acids is 1. The number of piperazine rings is 1. The molecule has 3 aromatic rings. The summed E-state index contributed by atoms with van der Waals surface area (Å²) in [5.74, 6) is 0.993. The van der Waals surface area contributed by atoms with Crippen LogP contribution in [0.25, 0.3) is 0 Å². The maximum Gasteiger partial charge on any atom is 0.238 e. The van der Waals surface area contributed by atoms with Gasteiger partial charge in [0.25, 0.3) is 0 Å². The Morgan fingerprint density at radius 3 is 2.62 bits per heavy atom. The second-order valence-corrected chi connectivity index (χ2v) is 8.90. The predicted molar refractivity (Wildman–Crippen MR) is 138 cm³/mol. The van der Waals surface area contributed by atoms with Gasteiger partial charge >= 0.3 is 0 Å². The van der Waals surface area contributed by atoms with Crippen LogP contribution in [0.3, 0.4) is 0 Å².